The zero-order valence-corrected chi connectivity index (χ0v) is 25.3. The fourth-order valence-corrected chi connectivity index (χ4v) is 5.86. The van der Waals surface area contributed by atoms with E-state index < -0.39 is 16.9 Å². The van der Waals surface area contributed by atoms with Gasteiger partial charge in [-0.25, -0.2) is 9.79 Å². The van der Waals surface area contributed by atoms with Crippen LogP contribution >= 0.6 is 11.3 Å². The van der Waals surface area contributed by atoms with Crippen molar-refractivity contribution in [3.8, 4) is 17.2 Å². The maximum Gasteiger partial charge on any atom is 0.338 e. The van der Waals surface area contributed by atoms with Gasteiger partial charge in [-0.15, -0.1) is 0 Å². The van der Waals surface area contributed by atoms with E-state index in [2.05, 4.69) is 4.99 Å². The van der Waals surface area contributed by atoms with Gasteiger partial charge in [0, 0.05) is 12.1 Å². The van der Waals surface area contributed by atoms with Gasteiger partial charge in [0.1, 0.15) is 12.4 Å². The van der Waals surface area contributed by atoms with E-state index in [1.807, 2.05) is 12.1 Å². The number of hydrogen-bond donors (Lipinski definition) is 0. The van der Waals surface area contributed by atoms with E-state index in [0.29, 0.717) is 49.0 Å². The second-order valence-corrected chi connectivity index (χ2v) is 10.7. The normalized spacial score (nSPS) is 14.5. The van der Waals surface area contributed by atoms with Crippen molar-refractivity contribution >= 4 is 29.1 Å². The van der Waals surface area contributed by atoms with E-state index in [0.717, 1.165) is 5.56 Å². The van der Waals surface area contributed by atoms with Gasteiger partial charge >= 0.3 is 5.97 Å². The van der Waals surface area contributed by atoms with E-state index in [9.17, 15) is 19.7 Å². The predicted octanol–water partition coefficient (Wildman–Crippen LogP) is 4.30. The van der Waals surface area contributed by atoms with Gasteiger partial charge in [-0.1, -0.05) is 29.5 Å². The van der Waals surface area contributed by atoms with E-state index >= 15 is 0 Å². The lowest BCUT2D eigenvalue weighted by molar-refractivity contribution is -0.384. The fourth-order valence-electron chi connectivity index (χ4n) is 4.81. The number of carbonyl (C=O) groups is 1. The minimum absolute atomic E-state index is 0.00330. The number of nitro groups is 1. The highest BCUT2D eigenvalue weighted by molar-refractivity contribution is 7.07. The Hall–Kier alpha value is -5.23. The quantitative estimate of drug-likeness (QED) is 0.147. The van der Waals surface area contributed by atoms with E-state index in [-0.39, 0.29) is 24.5 Å². The number of benzene rings is 3. The molecule has 0 aliphatic carbocycles. The molecule has 4 aromatic rings. The zero-order valence-electron chi connectivity index (χ0n) is 24.4. The van der Waals surface area contributed by atoms with Crippen LogP contribution in [-0.2, 0) is 16.1 Å². The number of aromatic nitrogens is 1. The molecule has 0 saturated carbocycles. The monoisotopic (exact) mass is 615 g/mol. The number of thiazole rings is 1. The summed E-state index contributed by atoms with van der Waals surface area (Å²) < 4.78 is 24.0. The summed E-state index contributed by atoms with van der Waals surface area (Å²) in [5.74, 6) is 1.04. The molecule has 226 valence electrons. The van der Waals surface area contributed by atoms with Crippen LogP contribution < -0.4 is 29.1 Å². The smallest absolute Gasteiger partial charge is 0.338 e. The van der Waals surface area contributed by atoms with E-state index in [1.165, 1.54) is 35.1 Å². The summed E-state index contributed by atoms with van der Waals surface area (Å²) in [4.78, 5) is 42.5. The van der Waals surface area contributed by atoms with Crippen molar-refractivity contribution in [2.75, 3.05) is 20.8 Å². The average molecular weight is 616 g/mol. The van der Waals surface area contributed by atoms with Crippen LogP contribution in [-0.4, -0.2) is 36.3 Å². The molecule has 2 heterocycles. The third kappa shape index (κ3) is 6.11. The van der Waals surface area contributed by atoms with Crippen LogP contribution in [0.2, 0.25) is 0 Å². The molecule has 0 N–H and O–H groups in total. The molecule has 44 heavy (non-hydrogen) atoms. The molecule has 0 radical (unpaired) electrons. The Kier molecular flexibility index (Phi) is 8.91. The summed E-state index contributed by atoms with van der Waals surface area (Å²) in [7, 11) is 3.08. The molecule has 11 nitrogen and oxygen atoms in total. The summed E-state index contributed by atoms with van der Waals surface area (Å²) in [5.41, 5.74) is 2.64. The number of nitrogens with zero attached hydrogens (tertiary/aromatic N) is 3. The van der Waals surface area contributed by atoms with Crippen molar-refractivity contribution in [3.63, 3.8) is 0 Å². The highest BCUT2D eigenvalue weighted by Crippen LogP contribution is 2.32. The number of methoxy groups -OCH3 is 2. The van der Waals surface area contributed by atoms with Crippen LogP contribution in [0.5, 0.6) is 17.2 Å². The lowest BCUT2D eigenvalue weighted by Crippen LogP contribution is -2.39. The van der Waals surface area contributed by atoms with Gasteiger partial charge < -0.3 is 18.9 Å². The molecule has 5 rings (SSSR count). The summed E-state index contributed by atoms with van der Waals surface area (Å²) >= 11 is 1.22. The number of allylic oxidation sites excluding steroid dienone is 1. The number of fused-ring (bicyclic) bond motifs is 1. The van der Waals surface area contributed by atoms with Crippen molar-refractivity contribution in [2.45, 2.75) is 26.5 Å². The number of nitro benzene ring substituents is 1. The maximum absolute atomic E-state index is 13.9. The summed E-state index contributed by atoms with van der Waals surface area (Å²) in [6, 6.07) is 17.8. The Morgan fingerprint density at radius 2 is 1.77 bits per heavy atom. The van der Waals surface area contributed by atoms with Gasteiger partial charge in [-0.2, -0.15) is 0 Å². The molecule has 1 aliphatic heterocycles. The van der Waals surface area contributed by atoms with Crippen LogP contribution in [0.25, 0.3) is 6.08 Å². The molecule has 1 aromatic heterocycles. The minimum Gasteiger partial charge on any atom is -0.497 e. The third-order valence-electron chi connectivity index (χ3n) is 6.98. The zero-order chi connectivity index (χ0) is 31.4. The van der Waals surface area contributed by atoms with Gasteiger partial charge in [0.15, 0.2) is 16.3 Å². The molecule has 1 aliphatic rings. The van der Waals surface area contributed by atoms with Crippen LogP contribution in [0.4, 0.5) is 5.69 Å². The molecule has 0 amide bonds. The first-order chi connectivity index (χ1) is 21.2. The fraction of sp³-hybridized carbons (Fsp3) is 0.219. The van der Waals surface area contributed by atoms with E-state index in [4.69, 9.17) is 18.9 Å². The number of hydrogen-bond acceptors (Lipinski definition) is 10. The lowest BCUT2D eigenvalue weighted by Gasteiger charge is -2.24. The number of carbonyl (C=O) groups excluding carboxylic acids is 1. The summed E-state index contributed by atoms with van der Waals surface area (Å²) in [6.07, 6.45) is 1.74. The molecule has 12 heteroatoms. The minimum atomic E-state index is -0.733. The Balaban J connectivity index is 1.50. The van der Waals surface area contributed by atoms with Crippen molar-refractivity contribution in [2.24, 2.45) is 4.99 Å². The van der Waals surface area contributed by atoms with Gasteiger partial charge in [0.25, 0.3) is 11.2 Å². The SMILES string of the molecule is CCOC(=O)C1=C(C)N=c2s/c(=C\c3ccc(OCc4ccc([N+](=O)[O-])cc4)c(OC)c3)c(=O)n2[C@@H]1c1ccc(OC)cc1. The first kappa shape index (κ1) is 30.2. The summed E-state index contributed by atoms with van der Waals surface area (Å²) in [5, 5.41) is 10.9. The van der Waals surface area contributed by atoms with Gasteiger partial charge in [-0.05, 0) is 73.0 Å². The molecular weight excluding hydrogens is 586 g/mol. The molecule has 3 aromatic carbocycles. The highest BCUT2D eigenvalue weighted by atomic mass is 32.1. The van der Waals surface area contributed by atoms with Crippen LogP contribution in [0.15, 0.2) is 87.8 Å². The van der Waals surface area contributed by atoms with Crippen molar-refractivity contribution in [1.82, 2.24) is 4.57 Å². The van der Waals surface area contributed by atoms with Crippen molar-refractivity contribution in [1.29, 1.82) is 0 Å². The van der Waals surface area contributed by atoms with E-state index in [1.54, 1.807) is 69.5 Å². The van der Waals surface area contributed by atoms with Crippen LogP contribution in [0, 0.1) is 10.1 Å². The molecule has 0 saturated heterocycles. The maximum atomic E-state index is 13.9. The Labute approximate surface area is 256 Å². The van der Waals surface area contributed by atoms with Gasteiger partial charge in [-0.3, -0.25) is 19.5 Å². The molecule has 0 bridgehead atoms. The highest BCUT2D eigenvalue weighted by Gasteiger charge is 2.33. The van der Waals surface area contributed by atoms with Crippen LogP contribution in [0.3, 0.4) is 0 Å². The second kappa shape index (κ2) is 13.0. The van der Waals surface area contributed by atoms with Crippen molar-refractivity contribution < 1.29 is 28.7 Å². The molecule has 0 fully saturated rings. The molecule has 0 unspecified atom stereocenters. The molecule has 1 atom stereocenters. The van der Waals surface area contributed by atoms with Gasteiger partial charge in [0.2, 0.25) is 0 Å². The topological polar surface area (TPSA) is 131 Å². The Bertz CT molecular complexity index is 1930. The second-order valence-electron chi connectivity index (χ2n) is 9.70. The van der Waals surface area contributed by atoms with Crippen LogP contribution in [0.1, 0.15) is 36.6 Å². The molecular formula is C32H29N3O8S. The molecule has 0 spiro atoms. The number of ether oxygens (including phenoxy) is 4. The average Bonchev–Trinajstić information content (AvgIpc) is 3.33. The standard InChI is InChI=1S/C32H29N3O8S/c1-5-42-31(37)28-19(2)33-32-34(29(28)22-9-13-24(40-3)14-10-22)30(36)27(44-32)17-21-8-15-25(26(16-21)41-4)43-18-20-6-11-23(12-7-20)35(38)39/h6-17,29H,5,18H2,1-4H3/b27-17-/t29-/m1/s1. The first-order valence-corrected chi connectivity index (χ1v) is 14.4. The van der Waals surface area contributed by atoms with Crippen molar-refractivity contribution in [3.05, 3.63) is 124 Å². The number of non-ortho nitro benzene ring substituents is 1. The Morgan fingerprint density at radius 3 is 2.41 bits per heavy atom. The first-order valence-electron chi connectivity index (χ1n) is 13.6. The summed E-state index contributed by atoms with van der Waals surface area (Å²) in [6.45, 7) is 3.83. The largest absolute Gasteiger partial charge is 0.497 e. The van der Waals surface area contributed by atoms with Gasteiger partial charge in [0.05, 0.1) is 47.6 Å². The number of rotatable bonds is 10. The number of esters is 1. The predicted molar refractivity (Wildman–Crippen MR) is 164 cm³/mol. The lowest BCUT2D eigenvalue weighted by atomic mass is 9.96. The third-order valence-corrected chi connectivity index (χ3v) is 7.96. The Morgan fingerprint density at radius 1 is 1.05 bits per heavy atom.